The molecule has 68 heavy (non-hydrogen) atoms. The molecule has 0 saturated carbocycles. The molecule has 318 valence electrons. The first-order valence-corrected chi connectivity index (χ1v) is 23.2. The first-order chi connectivity index (χ1) is 33.7. The fourth-order valence-corrected chi connectivity index (χ4v) is 10.0. The number of benzene rings is 11. The van der Waals surface area contributed by atoms with Gasteiger partial charge >= 0.3 is 0 Å². The van der Waals surface area contributed by atoms with E-state index in [0.29, 0.717) is 0 Å². The quantitative estimate of drug-likeness (QED) is 0.152. The summed E-state index contributed by atoms with van der Waals surface area (Å²) in [5, 5.41) is 4.20. The third-order valence-electron chi connectivity index (χ3n) is 13.5. The van der Waals surface area contributed by atoms with Crippen LogP contribution in [0.2, 0.25) is 0 Å². The Labute approximate surface area is 394 Å². The molecule has 0 bridgehead atoms. The highest BCUT2D eigenvalue weighted by Crippen LogP contribution is 2.43. The van der Waals surface area contributed by atoms with Gasteiger partial charge in [-0.15, -0.1) is 0 Å². The Morgan fingerprint density at radius 3 is 0.735 bits per heavy atom. The van der Waals surface area contributed by atoms with E-state index in [1.165, 1.54) is 55.6 Å². The minimum atomic E-state index is 0.841. The predicted molar refractivity (Wildman–Crippen MR) is 284 cm³/mol. The van der Waals surface area contributed by atoms with Crippen LogP contribution in [-0.2, 0) is 0 Å². The normalized spacial score (nSPS) is 11.5. The van der Waals surface area contributed by atoms with E-state index in [9.17, 15) is 0 Å². The van der Waals surface area contributed by atoms with Gasteiger partial charge in [0.15, 0.2) is 0 Å². The summed E-state index contributed by atoms with van der Waals surface area (Å²) in [6.07, 6.45) is 0. The van der Waals surface area contributed by atoms with Crippen molar-refractivity contribution in [2.75, 3.05) is 0 Å². The van der Waals surface area contributed by atoms with E-state index in [1.807, 2.05) is 0 Å². The van der Waals surface area contributed by atoms with Crippen LogP contribution in [0.4, 0.5) is 0 Å². The van der Waals surface area contributed by atoms with Crippen molar-refractivity contribution in [2.45, 2.75) is 0 Å². The smallest absolute Gasteiger partial charge is 0.143 e. The van der Waals surface area contributed by atoms with Gasteiger partial charge in [0.2, 0.25) is 0 Å². The average Bonchev–Trinajstić information content (AvgIpc) is 3.98. The molecule has 0 saturated heterocycles. The fourth-order valence-electron chi connectivity index (χ4n) is 10.0. The van der Waals surface area contributed by atoms with Crippen molar-refractivity contribution in [3.63, 3.8) is 0 Å². The van der Waals surface area contributed by atoms with E-state index in [2.05, 4.69) is 255 Å². The van der Waals surface area contributed by atoms with Crippen molar-refractivity contribution in [1.29, 1.82) is 0 Å². The lowest BCUT2D eigenvalue weighted by molar-refractivity contribution is 0.665. The molecule has 2 aromatic heterocycles. The summed E-state index contributed by atoms with van der Waals surface area (Å²) in [6.45, 7) is 0. The van der Waals surface area contributed by atoms with Crippen molar-refractivity contribution in [1.82, 2.24) is 0 Å². The van der Waals surface area contributed by atoms with E-state index in [-0.39, 0.29) is 0 Å². The number of para-hydroxylation sites is 2. The monoisotopic (exact) mass is 866 g/mol. The zero-order valence-corrected chi connectivity index (χ0v) is 37.1. The van der Waals surface area contributed by atoms with Gasteiger partial charge < -0.3 is 8.83 Å². The molecular weight excluding hydrogens is 825 g/mol. The molecule has 0 unspecified atom stereocenters. The Balaban J connectivity index is 0.836. The van der Waals surface area contributed by atoms with Crippen LogP contribution in [0.1, 0.15) is 0 Å². The Morgan fingerprint density at radius 1 is 0.176 bits per heavy atom. The van der Waals surface area contributed by atoms with Gasteiger partial charge in [0.05, 0.1) is 0 Å². The second-order valence-electron chi connectivity index (χ2n) is 17.6. The zero-order valence-electron chi connectivity index (χ0n) is 37.1. The highest BCUT2D eigenvalue weighted by molar-refractivity contribution is 6.18. The molecule has 0 spiro atoms. The van der Waals surface area contributed by atoms with E-state index < -0.39 is 0 Å². The van der Waals surface area contributed by atoms with Gasteiger partial charge in [-0.25, -0.2) is 0 Å². The maximum absolute atomic E-state index is 6.81. The molecule has 0 fully saturated rings. The summed E-state index contributed by atoms with van der Waals surface area (Å²) < 4.78 is 13.6. The van der Waals surface area contributed by atoms with Gasteiger partial charge in [-0.1, -0.05) is 206 Å². The Kier molecular flexibility index (Phi) is 9.54. The van der Waals surface area contributed by atoms with Crippen molar-refractivity contribution in [2.24, 2.45) is 0 Å². The first kappa shape index (κ1) is 39.4. The maximum atomic E-state index is 6.81. The third-order valence-corrected chi connectivity index (χ3v) is 13.5. The Morgan fingerprint density at radius 2 is 0.441 bits per heavy atom. The van der Waals surface area contributed by atoms with Crippen molar-refractivity contribution >= 4 is 43.9 Å². The second kappa shape index (κ2) is 16.5. The number of furan rings is 2. The van der Waals surface area contributed by atoms with E-state index in [1.54, 1.807) is 0 Å². The summed E-state index contributed by atoms with van der Waals surface area (Å²) in [5.41, 5.74) is 22.0. The Hall–Kier alpha value is -8.98. The first-order valence-electron chi connectivity index (χ1n) is 23.2. The van der Waals surface area contributed by atoms with Crippen molar-refractivity contribution in [3.05, 3.63) is 255 Å². The van der Waals surface area contributed by atoms with E-state index in [4.69, 9.17) is 8.83 Å². The summed E-state index contributed by atoms with van der Waals surface area (Å²) in [6, 6.07) is 91.2. The second-order valence-corrected chi connectivity index (χ2v) is 17.6. The van der Waals surface area contributed by atoms with Crippen molar-refractivity contribution < 1.29 is 8.83 Å². The molecule has 2 heterocycles. The lowest BCUT2D eigenvalue weighted by Crippen LogP contribution is -1.86. The Bertz CT molecular complexity index is 3580. The number of fused-ring (bicyclic) bond motifs is 6. The van der Waals surface area contributed by atoms with Crippen LogP contribution in [0, 0.1) is 0 Å². The largest absolute Gasteiger partial charge is 0.455 e. The highest BCUT2D eigenvalue weighted by atomic mass is 16.3. The van der Waals surface area contributed by atoms with Crippen molar-refractivity contribution in [3.8, 4) is 89.0 Å². The SMILES string of the molecule is c1ccc(-c2cc(-c3ccccc3)cc(-c3ccc(-c4cccc5c4oc4cc6c(cc45)oc4c(-c5ccc(-c7cc(-c8ccccc8)cc(-c8ccccc8)c7)cc5)cccc46)cc3)c2)cc1. The van der Waals surface area contributed by atoms with Gasteiger partial charge in [-0.3, -0.25) is 0 Å². The molecule has 13 aromatic rings. The van der Waals surface area contributed by atoms with Crippen LogP contribution in [0.15, 0.2) is 264 Å². The van der Waals surface area contributed by atoms with Gasteiger partial charge in [0.25, 0.3) is 0 Å². The highest BCUT2D eigenvalue weighted by Gasteiger charge is 2.19. The van der Waals surface area contributed by atoms with Crippen LogP contribution in [-0.4, -0.2) is 0 Å². The summed E-state index contributed by atoms with van der Waals surface area (Å²) >= 11 is 0. The number of hydrogen-bond donors (Lipinski definition) is 0. The molecule has 2 heteroatoms. The predicted octanol–water partition coefficient (Wildman–Crippen LogP) is 18.8. The maximum Gasteiger partial charge on any atom is 0.143 e. The van der Waals surface area contributed by atoms with Crippen LogP contribution in [0.5, 0.6) is 0 Å². The third kappa shape index (κ3) is 7.08. The molecule has 0 radical (unpaired) electrons. The molecule has 2 nitrogen and oxygen atoms in total. The fraction of sp³-hybridized carbons (Fsp3) is 0. The van der Waals surface area contributed by atoms with Crippen LogP contribution in [0.25, 0.3) is 133 Å². The zero-order chi connectivity index (χ0) is 45.0. The molecular formula is C66H42O2. The van der Waals surface area contributed by atoms with Crippen LogP contribution in [0.3, 0.4) is 0 Å². The van der Waals surface area contributed by atoms with Gasteiger partial charge in [0, 0.05) is 32.7 Å². The van der Waals surface area contributed by atoms with Gasteiger partial charge in [-0.2, -0.15) is 0 Å². The lowest BCUT2D eigenvalue weighted by atomic mass is 9.92. The summed E-state index contributed by atoms with van der Waals surface area (Å²) in [5.74, 6) is 0. The van der Waals surface area contributed by atoms with E-state index in [0.717, 1.165) is 77.3 Å². The van der Waals surface area contributed by atoms with Gasteiger partial charge in [0.1, 0.15) is 22.3 Å². The molecule has 0 aliphatic heterocycles. The average molecular weight is 867 g/mol. The van der Waals surface area contributed by atoms with E-state index >= 15 is 0 Å². The molecule has 0 aliphatic carbocycles. The standard InChI is InChI=1S/C66H42O2/c1-5-15-43(16-6-1)51-35-52(44-17-7-2-8-18-44)38-55(37-51)47-27-31-49(32-28-47)57-23-13-25-59-61-41-64-62(42-63(61)67-65(57)59)60-26-14-24-58(66(60)68-64)50-33-29-48(30-34-50)56-39-53(45-19-9-3-10-20-45)36-54(40-56)46-21-11-4-12-22-46/h1-42H. The van der Waals surface area contributed by atoms with Crippen LogP contribution >= 0.6 is 0 Å². The molecule has 0 amide bonds. The van der Waals surface area contributed by atoms with Crippen LogP contribution < -0.4 is 0 Å². The lowest BCUT2D eigenvalue weighted by Gasteiger charge is -2.12. The minimum absolute atomic E-state index is 0.841. The minimum Gasteiger partial charge on any atom is -0.455 e. The molecule has 0 N–H and O–H groups in total. The molecule has 0 aliphatic rings. The number of hydrogen-bond acceptors (Lipinski definition) is 2. The molecule has 13 rings (SSSR count). The topological polar surface area (TPSA) is 26.3 Å². The summed E-state index contributed by atoms with van der Waals surface area (Å²) in [7, 11) is 0. The number of rotatable bonds is 8. The molecule has 0 atom stereocenters. The summed E-state index contributed by atoms with van der Waals surface area (Å²) in [4.78, 5) is 0. The van der Waals surface area contributed by atoms with Gasteiger partial charge in [-0.05, 0) is 126 Å². The molecule has 11 aromatic carbocycles.